The third kappa shape index (κ3) is 3.76. The Kier molecular flexibility index (Phi) is 4.96. The summed E-state index contributed by atoms with van der Waals surface area (Å²) in [6.45, 7) is 1.34. The van der Waals surface area contributed by atoms with Crippen molar-refractivity contribution >= 4 is 11.6 Å². The molecule has 1 amide bonds. The van der Waals surface area contributed by atoms with Crippen LogP contribution < -0.4 is 14.8 Å². The molecule has 1 N–H and O–H groups in total. The molecule has 0 aliphatic rings. The van der Waals surface area contributed by atoms with Gasteiger partial charge in [0.15, 0.2) is 0 Å². The van der Waals surface area contributed by atoms with Crippen LogP contribution in [0.2, 0.25) is 0 Å². The lowest BCUT2D eigenvalue weighted by Gasteiger charge is -2.13. The van der Waals surface area contributed by atoms with E-state index in [-0.39, 0.29) is 11.3 Å². The first kappa shape index (κ1) is 17.6. The molecule has 2 aromatic rings. The fourth-order valence-corrected chi connectivity index (χ4v) is 2.06. The Morgan fingerprint density at radius 1 is 1.12 bits per heavy atom. The largest absolute Gasteiger partial charge is 0.497 e. The number of rotatable bonds is 4. The minimum atomic E-state index is -4.56. The highest BCUT2D eigenvalue weighted by Crippen LogP contribution is 2.30. The van der Waals surface area contributed by atoms with Crippen LogP contribution in [-0.4, -0.2) is 25.1 Å². The number of halogens is 3. The number of hydrogen-bond donors (Lipinski definition) is 1. The molecule has 0 spiro atoms. The molecule has 1 aromatic heterocycles. The molecule has 0 atom stereocenters. The first-order valence-electron chi connectivity index (χ1n) is 6.84. The van der Waals surface area contributed by atoms with Gasteiger partial charge in [0.05, 0.1) is 31.2 Å². The molecule has 0 unspecified atom stereocenters. The Morgan fingerprint density at radius 2 is 1.83 bits per heavy atom. The Bertz CT molecular complexity index is 761. The van der Waals surface area contributed by atoms with Crippen LogP contribution >= 0.6 is 0 Å². The number of benzene rings is 1. The Hall–Kier alpha value is -2.77. The molecule has 2 rings (SSSR count). The Balaban J connectivity index is 2.30. The number of methoxy groups -OCH3 is 2. The highest BCUT2D eigenvalue weighted by atomic mass is 19.4. The minimum absolute atomic E-state index is 0.0239. The molecule has 128 valence electrons. The first-order chi connectivity index (χ1) is 11.3. The van der Waals surface area contributed by atoms with Crippen molar-refractivity contribution in [1.29, 1.82) is 0 Å². The van der Waals surface area contributed by atoms with Crippen molar-refractivity contribution in [3.8, 4) is 11.5 Å². The summed E-state index contributed by atoms with van der Waals surface area (Å²) >= 11 is 0. The first-order valence-corrected chi connectivity index (χ1v) is 6.84. The van der Waals surface area contributed by atoms with Gasteiger partial charge in [-0.1, -0.05) is 0 Å². The van der Waals surface area contributed by atoms with Gasteiger partial charge in [-0.25, -0.2) is 4.98 Å². The van der Waals surface area contributed by atoms with Gasteiger partial charge in [0.1, 0.15) is 17.2 Å². The van der Waals surface area contributed by atoms with Gasteiger partial charge in [-0.15, -0.1) is 0 Å². The van der Waals surface area contributed by atoms with Crippen LogP contribution in [0.4, 0.5) is 18.9 Å². The average Bonchev–Trinajstić information content (AvgIpc) is 2.53. The van der Waals surface area contributed by atoms with E-state index in [9.17, 15) is 18.0 Å². The number of alkyl halides is 3. The quantitative estimate of drug-likeness (QED) is 0.922. The third-order valence-corrected chi connectivity index (χ3v) is 3.28. The molecule has 24 heavy (non-hydrogen) atoms. The normalized spacial score (nSPS) is 11.1. The number of aromatic nitrogens is 1. The minimum Gasteiger partial charge on any atom is -0.497 e. The predicted molar refractivity (Wildman–Crippen MR) is 81.5 cm³/mol. The molecule has 5 nitrogen and oxygen atoms in total. The summed E-state index contributed by atoms with van der Waals surface area (Å²) in [6, 6.07) is 6.66. The lowest BCUT2D eigenvalue weighted by atomic mass is 10.1. The number of amides is 1. The molecule has 0 saturated heterocycles. The van der Waals surface area contributed by atoms with Crippen LogP contribution in [0, 0.1) is 6.92 Å². The van der Waals surface area contributed by atoms with Gasteiger partial charge in [0, 0.05) is 6.07 Å². The standard InChI is InChI=1S/C16H15F3N2O3/c1-9-11(5-7-14(20-9)16(17,18)19)15(22)21-12-8-10(23-2)4-6-13(12)24-3/h4-8H,1-3H3,(H,21,22). The van der Waals surface area contributed by atoms with Gasteiger partial charge in [0.25, 0.3) is 5.91 Å². The van der Waals surface area contributed by atoms with Crippen LogP contribution in [0.1, 0.15) is 21.7 Å². The summed E-state index contributed by atoms with van der Waals surface area (Å²) in [4.78, 5) is 15.8. The summed E-state index contributed by atoms with van der Waals surface area (Å²) in [6.07, 6.45) is -4.56. The lowest BCUT2D eigenvalue weighted by Crippen LogP contribution is -2.17. The van der Waals surface area contributed by atoms with E-state index in [1.54, 1.807) is 18.2 Å². The highest BCUT2D eigenvalue weighted by molar-refractivity contribution is 6.05. The molecular formula is C16H15F3N2O3. The van der Waals surface area contributed by atoms with E-state index in [0.29, 0.717) is 17.2 Å². The number of ether oxygens (including phenoxy) is 2. The van der Waals surface area contributed by atoms with Gasteiger partial charge in [-0.2, -0.15) is 13.2 Å². The molecule has 0 aliphatic carbocycles. The molecule has 1 aromatic carbocycles. The van der Waals surface area contributed by atoms with E-state index in [2.05, 4.69) is 10.3 Å². The number of carbonyl (C=O) groups excluding carboxylic acids is 1. The molecule has 1 heterocycles. The second-order valence-corrected chi connectivity index (χ2v) is 4.85. The molecule has 0 radical (unpaired) electrons. The van der Waals surface area contributed by atoms with E-state index in [4.69, 9.17) is 9.47 Å². The Labute approximate surface area is 136 Å². The smallest absolute Gasteiger partial charge is 0.433 e. The van der Waals surface area contributed by atoms with Crippen molar-refractivity contribution in [1.82, 2.24) is 4.98 Å². The van der Waals surface area contributed by atoms with Crippen LogP contribution in [-0.2, 0) is 6.18 Å². The van der Waals surface area contributed by atoms with E-state index < -0.39 is 17.8 Å². The molecule has 0 bridgehead atoms. The van der Waals surface area contributed by atoms with Crippen molar-refractivity contribution < 1.29 is 27.4 Å². The maximum absolute atomic E-state index is 12.6. The lowest BCUT2D eigenvalue weighted by molar-refractivity contribution is -0.141. The number of aryl methyl sites for hydroxylation is 1. The SMILES string of the molecule is COc1ccc(OC)c(NC(=O)c2ccc(C(F)(F)F)nc2C)c1. The second kappa shape index (κ2) is 6.77. The summed E-state index contributed by atoms with van der Waals surface area (Å²) in [5.74, 6) is 0.287. The zero-order valence-electron chi connectivity index (χ0n) is 13.2. The van der Waals surface area contributed by atoms with Gasteiger partial charge in [-0.05, 0) is 31.2 Å². The van der Waals surface area contributed by atoms with Gasteiger partial charge >= 0.3 is 6.18 Å². The van der Waals surface area contributed by atoms with E-state index in [1.165, 1.54) is 21.1 Å². The zero-order valence-corrected chi connectivity index (χ0v) is 13.2. The monoisotopic (exact) mass is 340 g/mol. The van der Waals surface area contributed by atoms with Gasteiger partial charge < -0.3 is 14.8 Å². The third-order valence-electron chi connectivity index (χ3n) is 3.28. The van der Waals surface area contributed by atoms with Crippen LogP contribution in [0.5, 0.6) is 11.5 Å². The summed E-state index contributed by atoms with van der Waals surface area (Å²) < 4.78 is 48.1. The number of hydrogen-bond acceptors (Lipinski definition) is 4. The fourth-order valence-electron chi connectivity index (χ4n) is 2.06. The molecule has 8 heteroatoms. The summed E-state index contributed by atoms with van der Waals surface area (Å²) in [7, 11) is 2.90. The van der Waals surface area contributed by atoms with E-state index in [0.717, 1.165) is 12.1 Å². The van der Waals surface area contributed by atoms with Crippen molar-refractivity contribution in [2.45, 2.75) is 13.1 Å². The number of anilines is 1. The fraction of sp³-hybridized carbons (Fsp3) is 0.250. The summed E-state index contributed by atoms with van der Waals surface area (Å²) in [5.41, 5.74) is -0.700. The van der Waals surface area contributed by atoms with Crippen LogP contribution in [0.3, 0.4) is 0 Å². The molecule has 0 saturated carbocycles. The second-order valence-electron chi connectivity index (χ2n) is 4.85. The van der Waals surface area contributed by atoms with Gasteiger partial charge in [-0.3, -0.25) is 4.79 Å². The molecule has 0 aliphatic heterocycles. The van der Waals surface area contributed by atoms with E-state index in [1.807, 2.05) is 0 Å². The number of pyridine rings is 1. The maximum Gasteiger partial charge on any atom is 0.433 e. The topological polar surface area (TPSA) is 60.5 Å². The van der Waals surface area contributed by atoms with Crippen LogP contribution in [0.15, 0.2) is 30.3 Å². The molecular weight excluding hydrogens is 325 g/mol. The van der Waals surface area contributed by atoms with Crippen molar-refractivity contribution in [3.63, 3.8) is 0 Å². The Morgan fingerprint density at radius 3 is 2.38 bits per heavy atom. The van der Waals surface area contributed by atoms with Crippen LogP contribution in [0.25, 0.3) is 0 Å². The summed E-state index contributed by atoms with van der Waals surface area (Å²) in [5, 5.41) is 2.59. The number of nitrogens with one attached hydrogen (secondary N) is 1. The van der Waals surface area contributed by atoms with Crippen molar-refractivity contribution in [2.24, 2.45) is 0 Å². The van der Waals surface area contributed by atoms with E-state index >= 15 is 0 Å². The highest BCUT2D eigenvalue weighted by Gasteiger charge is 2.33. The van der Waals surface area contributed by atoms with Crippen molar-refractivity contribution in [2.75, 3.05) is 19.5 Å². The average molecular weight is 340 g/mol. The maximum atomic E-state index is 12.6. The number of carbonyl (C=O) groups is 1. The predicted octanol–water partition coefficient (Wildman–Crippen LogP) is 3.68. The van der Waals surface area contributed by atoms with Gasteiger partial charge in [0.2, 0.25) is 0 Å². The van der Waals surface area contributed by atoms with Crippen molar-refractivity contribution in [3.05, 3.63) is 47.3 Å². The zero-order chi connectivity index (χ0) is 17.9. The molecule has 0 fully saturated rings. The number of nitrogens with zero attached hydrogens (tertiary/aromatic N) is 1.